The monoisotopic (exact) mass is 332 g/mol. The van der Waals surface area contributed by atoms with Gasteiger partial charge in [0.15, 0.2) is 0 Å². The Morgan fingerprint density at radius 2 is 1.50 bits per heavy atom. The van der Waals surface area contributed by atoms with E-state index in [0.29, 0.717) is 0 Å². The van der Waals surface area contributed by atoms with Crippen molar-refractivity contribution in [1.29, 1.82) is 0 Å². The zero-order chi connectivity index (χ0) is 16.5. The number of aryl methyl sites for hydroxylation is 1. The molecule has 0 amide bonds. The summed E-state index contributed by atoms with van der Waals surface area (Å²) in [4.78, 5) is 0. The van der Waals surface area contributed by atoms with E-state index in [-0.39, 0.29) is 10.8 Å². The third-order valence-corrected chi connectivity index (χ3v) is 5.37. The molecule has 1 aromatic rings. The Morgan fingerprint density at radius 3 is 1.91 bits per heavy atom. The van der Waals surface area contributed by atoms with E-state index >= 15 is 0 Å². The average Bonchev–Trinajstić information content (AvgIpc) is 2.87. The second kappa shape index (κ2) is 6.38. The Kier molecular flexibility index (Phi) is 5.09. The summed E-state index contributed by atoms with van der Waals surface area (Å²) in [5.74, 6) is 1.14. The second-order valence-electron chi connectivity index (χ2n) is 8.22. The van der Waals surface area contributed by atoms with Crippen molar-refractivity contribution in [2.24, 2.45) is 0 Å². The van der Waals surface area contributed by atoms with Gasteiger partial charge < -0.3 is 0 Å². The van der Waals surface area contributed by atoms with Crippen molar-refractivity contribution in [2.45, 2.75) is 65.7 Å². The summed E-state index contributed by atoms with van der Waals surface area (Å²) in [5, 5.41) is 0. The molecule has 0 N–H and O–H groups in total. The molecule has 0 spiro atoms. The molecule has 0 aromatic heterocycles. The Bertz CT molecular complexity index is 575. The first kappa shape index (κ1) is 17.6. The van der Waals surface area contributed by atoms with Crippen molar-refractivity contribution in [1.82, 2.24) is 0 Å². The molecule has 0 unspecified atom stereocenters. The molecular weight excluding hydrogens is 304 g/mol. The van der Waals surface area contributed by atoms with Gasteiger partial charge in [0, 0.05) is 0 Å². The molecule has 0 atom stereocenters. The number of allylic oxidation sites excluding steroid dienone is 4. The Morgan fingerprint density at radius 1 is 0.955 bits per heavy atom. The quantitative estimate of drug-likeness (QED) is 0.635. The van der Waals surface area contributed by atoms with Crippen LogP contribution in [0.2, 0.25) is 0 Å². The zero-order valence-corrected chi connectivity index (χ0v) is 16.6. The molecule has 0 fully saturated rings. The maximum absolute atomic E-state index is 6.48. The summed E-state index contributed by atoms with van der Waals surface area (Å²) < 4.78 is 7.95. The summed E-state index contributed by atoms with van der Waals surface area (Å²) in [6, 6.07) is 4.61. The van der Waals surface area contributed by atoms with Gasteiger partial charge in [-0.05, 0) is 0 Å². The van der Waals surface area contributed by atoms with Crippen molar-refractivity contribution in [3.05, 3.63) is 50.9 Å². The van der Waals surface area contributed by atoms with Gasteiger partial charge >= 0.3 is 145 Å². The van der Waals surface area contributed by atoms with Crippen molar-refractivity contribution in [3.63, 3.8) is 0 Å². The van der Waals surface area contributed by atoms with Gasteiger partial charge in [-0.1, -0.05) is 0 Å². The molecule has 1 aliphatic carbocycles. The van der Waals surface area contributed by atoms with E-state index in [1.54, 1.807) is 0 Å². The molecule has 0 bridgehead atoms. The van der Waals surface area contributed by atoms with E-state index in [2.05, 4.69) is 78.8 Å². The average molecular weight is 332 g/mol. The number of benzene rings is 1. The normalized spacial score (nSPS) is 15.0. The van der Waals surface area contributed by atoms with Crippen LogP contribution in [0, 0.1) is 6.92 Å². The van der Waals surface area contributed by atoms with Gasteiger partial charge in [-0.3, -0.25) is 0 Å². The van der Waals surface area contributed by atoms with Gasteiger partial charge in [0.05, 0.1) is 0 Å². The van der Waals surface area contributed by atoms with E-state index in [4.69, 9.17) is 3.32 Å². The molecule has 118 valence electrons. The van der Waals surface area contributed by atoms with Crippen LogP contribution in [-0.4, -0.2) is 0 Å². The molecule has 1 nitrogen and oxygen atoms in total. The summed E-state index contributed by atoms with van der Waals surface area (Å²) in [6.45, 7) is 15.8. The first-order valence-electron chi connectivity index (χ1n) is 8.03. The standard InChI is InChI=1S/C15H24O.C5H5.Ti/c1-10-8-11(14(2,3)4)13(16)12(9-10)15(5,6)7;1-2-4-5-3-1;/h8-9,16H,1-7H3;1-3H,4H2;/q;;+1/p-1. The predicted octanol–water partition coefficient (Wildman–Crippen LogP) is 5.81. The molecule has 0 heterocycles. The number of hydrogen-bond acceptors (Lipinski definition) is 1. The van der Waals surface area contributed by atoms with Crippen molar-refractivity contribution in [3.8, 4) is 5.75 Å². The second-order valence-corrected chi connectivity index (χ2v) is 9.86. The number of rotatable bonds is 3. The predicted molar refractivity (Wildman–Crippen MR) is 91.0 cm³/mol. The molecule has 0 aliphatic heterocycles. The summed E-state index contributed by atoms with van der Waals surface area (Å²) in [6.07, 6.45) is 7.66. The molecule has 1 aliphatic rings. The van der Waals surface area contributed by atoms with E-state index in [9.17, 15) is 0 Å². The van der Waals surface area contributed by atoms with E-state index in [1.807, 2.05) is 0 Å². The zero-order valence-electron chi connectivity index (χ0n) is 15.0. The Hall–Kier alpha value is -0.786. The molecule has 2 heteroatoms. The van der Waals surface area contributed by atoms with Crippen LogP contribution in [-0.2, 0) is 30.4 Å². The Balaban J connectivity index is 2.46. The third kappa shape index (κ3) is 4.15. The van der Waals surface area contributed by atoms with Gasteiger partial charge in [-0.2, -0.15) is 0 Å². The van der Waals surface area contributed by atoms with Gasteiger partial charge in [0.25, 0.3) is 0 Å². The van der Waals surface area contributed by atoms with Gasteiger partial charge in [-0.15, -0.1) is 0 Å². The van der Waals surface area contributed by atoms with Crippen LogP contribution >= 0.6 is 0 Å². The van der Waals surface area contributed by atoms with Gasteiger partial charge in [0.1, 0.15) is 0 Å². The third-order valence-electron chi connectivity index (χ3n) is 3.90. The van der Waals surface area contributed by atoms with Crippen molar-refractivity contribution >= 4 is 0 Å². The van der Waals surface area contributed by atoms with Gasteiger partial charge in [-0.25, -0.2) is 0 Å². The van der Waals surface area contributed by atoms with Crippen LogP contribution in [0.15, 0.2) is 34.2 Å². The van der Waals surface area contributed by atoms with Crippen LogP contribution in [0.25, 0.3) is 0 Å². The molecule has 22 heavy (non-hydrogen) atoms. The molecule has 0 radical (unpaired) electrons. The van der Waals surface area contributed by atoms with E-state index in [0.717, 1.165) is 12.2 Å². The fraction of sp³-hybridized carbons (Fsp3) is 0.500. The van der Waals surface area contributed by atoms with E-state index < -0.39 is 19.5 Å². The molecule has 1 aromatic carbocycles. The minimum absolute atomic E-state index is 0.0931. The van der Waals surface area contributed by atoms with Crippen molar-refractivity contribution < 1.29 is 22.9 Å². The fourth-order valence-electron chi connectivity index (χ4n) is 2.64. The topological polar surface area (TPSA) is 9.23 Å². The summed E-state index contributed by atoms with van der Waals surface area (Å²) in [5.41, 5.74) is 4.19. The van der Waals surface area contributed by atoms with Crippen molar-refractivity contribution in [2.75, 3.05) is 0 Å². The first-order chi connectivity index (χ1) is 10.1. The summed E-state index contributed by atoms with van der Waals surface area (Å²) in [7, 11) is 0. The first-order valence-corrected chi connectivity index (χ1v) is 9.45. The van der Waals surface area contributed by atoms with Crippen LogP contribution in [0.1, 0.15) is 64.7 Å². The Labute approximate surface area is 145 Å². The molecule has 2 rings (SSSR count). The van der Waals surface area contributed by atoms with Crippen LogP contribution in [0.3, 0.4) is 0 Å². The van der Waals surface area contributed by atoms with E-state index in [1.165, 1.54) is 20.6 Å². The van der Waals surface area contributed by atoms with Gasteiger partial charge in [0.2, 0.25) is 0 Å². The molecule has 0 saturated heterocycles. The molecule has 0 saturated carbocycles. The number of hydrogen-bond donors (Lipinski definition) is 0. The fourth-order valence-corrected chi connectivity index (χ4v) is 3.92. The van der Waals surface area contributed by atoms with Crippen LogP contribution in [0.4, 0.5) is 0 Å². The minimum atomic E-state index is -0.546. The van der Waals surface area contributed by atoms with Crippen LogP contribution in [0.5, 0.6) is 5.75 Å². The summed E-state index contributed by atoms with van der Waals surface area (Å²) >= 11 is -0.546. The van der Waals surface area contributed by atoms with Crippen LogP contribution < -0.4 is 3.32 Å². The SMILES string of the molecule is Cc1cc(C(C)(C)C)c([O][Ti][C]2=CC=CC2)c(C(C)(C)C)c1. The molecular formula is C20H28OTi. The maximum atomic E-state index is 6.48.